The van der Waals surface area contributed by atoms with Gasteiger partial charge in [-0.3, -0.25) is 4.79 Å². The molecule has 0 saturated heterocycles. The number of nitrogens with two attached hydrogens (primary N) is 1. The van der Waals surface area contributed by atoms with Crippen LogP contribution >= 0.6 is 0 Å². The zero-order chi connectivity index (χ0) is 22.9. The maximum Gasteiger partial charge on any atom is 0.253 e. The summed E-state index contributed by atoms with van der Waals surface area (Å²) < 4.78 is 29.2. The second kappa shape index (κ2) is 8.45. The van der Waals surface area contributed by atoms with Crippen molar-refractivity contribution in [1.82, 2.24) is 19.7 Å². The Labute approximate surface area is 187 Å². The third-order valence-electron chi connectivity index (χ3n) is 5.57. The molecule has 0 fully saturated rings. The van der Waals surface area contributed by atoms with Gasteiger partial charge in [-0.2, -0.15) is 14.8 Å². The minimum Gasteiger partial charge on any atom is -0.381 e. The number of anilines is 2. The number of nitrogens with zero attached hydrogens (tertiary/aromatic N) is 4. The van der Waals surface area contributed by atoms with Crippen LogP contribution in [-0.2, 0) is 13.0 Å². The van der Waals surface area contributed by atoms with E-state index < -0.39 is 11.7 Å². The molecular weight excluding hydrogens is 428 g/mol. The number of amides is 1. The molecule has 0 atom stereocenters. The van der Waals surface area contributed by atoms with Crippen molar-refractivity contribution in [2.24, 2.45) is 5.73 Å². The van der Waals surface area contributed by atoms with Gasteiger partial charge < -0.3 is 16.4 Å². The molecule has 0 radical (unpaired) electrons. The van der Waals surface area contributed by atoms with Gasteiger partial charge in [-0.1, -0.05) is 12.1 Å². The fourth-order valence-electron chi connectivity index (χ4n) is 4.00. The molecule has 2 aromatic carbocycles. The minimum atomic E-state index is -0.747. The highest BCUT2D eigenvalue weighted by atomic mass is 19.1. The number of primary amides is 1. The summed E-state index contributed by atoms with van der Waals surface area (Å²) in [7, 11) is 0. The van der Waals surface area contributed by atoms with Crippen molar-refractivity contribution < 1.29 is 13.6 Å². The number of carbonyl (C=O) groups is 1. The van der Waals surface area contributed by atoms with Crippen LogP contribution in [0.5, 0.6) is 0 Å². The van der Waals surface area contributed by atoms with E-state index in [0.29, 0.717) is 23.3 Å². The molecule has 168 valence electrons. The molecule has 4 aromatic rings. The van der Waals surface area contributed by atoms with Crippen LogP contribution in [-0.4, -0.2) is 32.2 Å². The average molecular weight is 449 g/mol. The molecule has 1 aliphatic rings. The van der Waals surface area contributed by atoms with Crippen LogP contribution in [0.15, 0.2) is 42.6 Å². The van der Waals surface area contributed by atoms with Crippen LogP contribution < -0.4 is 16.4 Å². The number of rotatable bonds is 5. The van der Waals surface area contributed by atoms with Crippen LogP contribution in [0.1, 0.15) is 34.5 Å². The first-order valence-electron chi connectivity index (χ1n) is 10.6. The SMILES string of the molecule is NC(=O)c1cc(F)cc2c1cnn2-c1nc2c(c(NCc3cccc(F)c3)n1)NCCCC2. The molecule has 5 rings (SSSR count). The standard InChI is InChI=1S/C23H21F2N7O/c24-14-5-3-4-13(8-14)11-28-22-20-18(6-1-2-7-27-20)30-23(31-22)32-19-10-15(25)9-16(21(26)33)17(19)12-29-32/h3-5,8-10,12,27H,1-2,6-7,11H2,(H2,26,33)(H,28,30,31). The van der Waals surface area contributed by atoms with Gasteiger partial charge in [0.1, 0.15) is 11.6 Å². The van der Waals surface area contributed by atoms with Crippen LogP contribution in [0.3, 0.4) is 0 Å². The van der Waals surface area contributed by atoms with E-state index in [9.17, 15) is 13.6 Å². The number of aryl methyl sites for hydroxylation is 1. The summed E-state index contributed by atoms with van der Waals surface area (Å²) in [5.41, 5.74) is 8.13. The number of carbonyl (C=O) groups excluding carboxylic acids is 1. The van der Waals surface area contributed by atoms with Crippen LogP contribution in [0.2, 0.25) is 0 Å². The molecule has 0 spiro atoms. The first-order valence-corrected chi connectivity index (χ1v) is 10.6. The highest BCUT2D eigenvalue weighted by Crippen LogP contribution is 2.30. The Morgan fingerprint density at radius 2 is 2.03 bits per heavy atom. The average Bonchev–Trinajstić information content (AvgIpc) is 3.06. The first-order chi connectivity index (χ1) is 16.0. The molecule has 1 amide bonds. The maximum absolute atomic E-state index is 14.2. The molecule has 0 unspecified atom stereocenters. The van der Waals surface area contributed by atoms with E-state index in [0.717, 1.165) is 48.8 Å². The zero-order valence-corrected chi connectivity index (χ0v) is 17.6. The summed E-state index contributed by atoms with van der Waals surface area (Å²) in [6.07, 6.45) is 4.10. The largest absolute Gasteiger partial charge is 0.381 e. The normalized spacial score (nSPS) is 13.3. The van der Waals surface area contributed by atoms with Gasteiger partial charge in [0, 0.05) is 24.5 Å². The number of benzene rings is 2. The Hall–Kier alpha value is -4.08. The van der Waals surface area contributed by atoms with Crippen LogP contribution in [0.25, 0.3) is 16.9 Å². The van der Waals surface area contributed by atoms with Crippen molar-refractivity contribution in [3.8, 4) is 5.95 Å². The number of fused-ring (bicyclic) bond motifs is 2. The van der Waals surface area contributed by atoms with Gasteiger partial charge in [0.2, 0.25) is 5.91 Å². The first kappa shape index (κ1) is 20.8. The maximum atomic E-state index is 14.2. The van der Waals surface area contributed by atoms with E-state index in [1.165, 1.54) is 29.1 Å². The third-order valence-corrected chi connectivity index (χ3v) is 5.57. The van der Waals surface area contributed by atoms with Crippen molar-refractivity contribution >= 4 is 28.3 Å². The molecular formula is C23H21F2N7O. The Bertz CT molecular complexity index is 1370. The number of nitrogens with one attached hydrogen (secondary N) is 2. The smallest absolute Gasteiger partial charge is 0.253 e. The van der Waals surface area contributed by atoms with Gasteiger partial charge in [0.15, 0.2) is 5.82 Å². The van der Waals surface area contributed by atoms with Gasteiger partial charge in [0.25, 0.3) is 5.95 Å². The Morgan fingerprint density at radius 3 is 2.85 bits per heavy atom. The number of hydrogen-bond donors (Lipinski definition) is 3. The lowest BCUT2D eigenvalue weighted by molar-refractivity contribution is 0.100. The highest BCUT2D eigenvalue weighted by molar-refractivity contribution is 6.05. The van der Waals surface area contributed by atoms with Crippen molar-refractivity contribution in [1.29, 1.82) is 0 Å². The second-order valence-corrected chi connectivity index (χ2v) is 7.87. The van der Waals surface area contributed by atoms with E-state index in [2.05, 4.69) is 25.7 Å². The molecule has 8 nitrogen and oxygen atoms in total. The number of halogens is 2. The van der Waals surface area contributed by atoms with Gasteiger partial charge in [-0.15, -0.1) is 0 Å². The van der Waals surface area contributed by atoms with Gasteiger partial charge >= 0.3 is 0 Å². The molecule has 1 aliphatic heterocycles. The van der Waals surface area contributed by atoms with Crippen molar-refractivity contribution in [2.45, 2.75) is 25.8 Å². The van der Waals surface area contributed by atoms with E-state index in [4.69, 9.17) is 5.73 Å². The van der Waals surface area contributed by atoms with Crippen LogP contribution in [0, 0.1) is 11.6 Å². The third kappa shape index (κ3) is 4.07. The topological polar surface area (TPSA) is 111 Å². The molecule has 0 saturated carbocycles. The van der Waals surface area contributed by atoms with Crippen LogP contribution in [0.4, 0.5) is 20.3 Å². The molecule has 2 aromatic heterocycles. The summed E-state index contributed by atoms with van der Waals surface area (Å²) in [6.45, 7) is 1.13. The quantitative estimate of drug-likeness (QED) is 0.430. The lowest BCUT2D eigenvalue weighted by Gasteiger charge is -2.16. The van der Waals surface area contributed by atoms with Gasteiger partial charge in [-0.05, 0) is 43.0 Å². The second-order valence-electron chi connectivity index (χ2n) is 7.87. The Balaban J connectivity index is 1.60. The Kier molecular flexibility index (Phi) is 5.33. The zero-order valence-electron chi connectivity index (χ0n) is 17.6. The van der Waals surface area contributed by atoms with E-state index in [-0.39, 0.29) is 17.3 Å². The number of hydrogen-bond acceptors (Lipinski definition) is 6. The van der Waals surface area contributed by atoms with Crippen molar-refractivity contribution in [3.05, 3.63) is 71.1 Å². The lowest BCUT2D eigenvalue weighted by Crippen LogP contribution is -2.14. The summed E-state index contributed by atoms with van der Waals surface area (Å²) in [5, 5.41) is 11.4. The van der Waals surface area contributed by atoms with Gasteiger partial charge in [-0.25, -0.2) is 13.8 Å². The summed E-state index contributed by atoms with van der Waals surface area (Å²) in [4.78, 5) is 21.1. The fraction of sp³-hybridized carbons (Fsp3) is 0.217. The molecule has 0 bridgehead atoms. The molecule has 4 N–H and O–H groups in total. The molecule has 3 heterocycles. The van der Waals surface area contributed by atoms with Crippen molar-refractivity contribution in [2.75, 3.05) is 17.2 Å². The summed E-state index contributed by atoms with van der Waals surface area (Å²) in [5.74, 6) is -0.904. The van der Waals surface area contributed by atoms with E-state index in [1.807, 2.05) is 6.07 Å². The predicted octanol–water partition coefficient (Wildman–Crippen LogP) is 3.55. The van der Waals surface area contributed by atoms with E-state index in [1.54, 1.807) is 6.07 Å². The fourth-order valence-corrected chi connectivity index (χ4v) is 4.00. The molecule has 33 heavy (non-hydrogen) atoms. The Morgan fingerprint density at radius 1 is 1.15 bits per heavy atom. The van der Waals surface area contributed by atoms with Crippen molar-refractivity contribution in [3.63, 3.8) is 0 Å². The predicted molar refractivity (Wildman–Crippen MR) is 120 cm³/mol. The monoisotopic (exact) mass is 449 g/mol. The number of aromatic nitrogens is 4. The molecule has 0 aliphatic carbocycles. The van der Waals surface area contributed by atoms with Gasteiger partial charge in [0.05, 0.1) is 28.7 Å². The highest BCUT2D eigenvalue weighted by Gasteiger charge is 2.20. The lowest BCUT2D eigenvalue weighted by atomic mass is 10.1. The summed E-state index contributed by atoms with van der Waals surface area (Å²) >= 11 is 0. The van der Waals surface area contributed by atoms with E-state index >= 15 is 0 Å². The minimum absolute atomic E-state index is 0.0390. The molecule has 10 heteroatoms. The summed E-state index contributed by atoms with van der Waals surface area (Å²) in [6, 6.07) is 8.67.